The Labute approximate surface area is 119 Å². The van der Waals surface area contributed by atoms with E-state index < -0.39 is 0 Å². The number of nitrogens with zero attached hydrogens (tertiary/aromatic N) is 3. The number of hydrogen-bond donors (Lipinski definition) is 0. The van der Waals surface area contributed by atoms with Crippen LogP contribution in [0.5, 0.6) is 0 Å². The molecule has 0 aliphatic carbocycles. The molecule has 0 unspecified atom stereocenters. The predicted octanol–water partition coefficient (Wildman–Crippen LogP) is 2.05. The molecular formula is C16H19N3O. The highest BCUT2D eigenvalue weighted by atomic mass is 16.2. The summed E-state index contributed by atoms with van der Waals surface area (Å²) in [5, 5.41) is 4.17. The van der Waals surface area contributed by atoms with Gasteiger partial charge in [-0.2, -0.15) is 5.10 Å². The molecule has 20 heavy (non-hydrogen) atoms. The van der Waals surface area contributed by atoms with E-state index in [1.807, 2.05) is 42.5 Å². The van der Waals surface area contributed by atoms with Crippen LogP contribution in [0.1, 0.15) is 27.9 Å². The van der Waals surface area contributed by atoms with Crippen LogP contribution in [0.2, 0.25) is 0 Å². The van der Waals surface area contributed by atoms with Crippen LogP contribution in [-0.2, 0) is 19.9 Å². The van der Waals surface area contributed by atoms with E-state index >= 15 is 0 Å². The molecule has 3 rings (SSSR count). The van der Waals surface area contributed by atoms with Gasteiger partial charge in [0.2, 0.25) is 0 Å². The summed E-state index contributed by atoms with van der Waals surface area (Å²) in [6, 6.07) is 7.97. The summed E-state index contributed by atoms with van der Waals surface area (Å²) in [6.45, 7) is 1.60. The van der Waals surface area contributed by atoms with Gasteiger partial charge < -0.3 is 4.90 Å². The zero-order chi connectivity index (χ0) is 13.9. The topological polar surface area (TPSA) is 38.1 Å². The molecule has 4 nitrogen and oxygen atoms in total. The van der Waals surface area contributed by atoms with Crippen molar-refractivity contribution in [1.29, 1.82) is 0 Å². The molecule has 0 saturated carbocycles. The third kappa shape index (κ3) is 2.59. The summed E-state index contributed by atoms with van der Waals surface area (Å²) >= 11 is 0. The number of rotatable bonds is 3. The Balaban J connectivity index is 1.72. The molecule has 1 aromatic carbocycles. The van der Waals surface area contributed by atoms with Gasteiger partial charge >= 0.3 is 0 Å². The summed E-state index contributed by atoms with van der Waals surface area (Å²) < 4.78 is 1.80. The van der Waals surface area contributed by atoms with Gasteiger partial charge in [0.15, 0.2) is 0 Å². The molecule has 104 valence electrons. The zero-order valence-corrected chi connectivity index (χ0v) is 11.7. The summed E-state index contributed by atoms with van der Waals surface area (Å²) in [7, 11) is 1.91. The second-order valence-corrected chi connectivity index (χ2v) is 5.33. The van der Waals surface area contributed by atoms with Gasteiger partial charge in [-0.25, -0.2) is 0 Å². The van der Waals surface area contributed by atoms with Crippen LogP contribution in [0.15, 0.2) is 36.7 Å². The summed E-state index contributed by atoms with van der Waals surface area (Å²) in [4.78, 5) is 14.5. The van der Waals surface area contributed by atoms with Crippen molar-refractivity contribution in [3.63, 3.8) is 0 Å². The number of carbonyl (C=O) groups is 1. The lowest BCUT2D eigenvalue weighted by Crippen LogP contribution is -2.32. The quantitative estimate of drug-likeness (QED) is 0.855. The van der Waals surface area contributed by atoms with Crippen LogP contribution in [-0.4, -0.2) is 33.7 Å². The van der Waals surface area contributed by atoms with Gasteiger partial charge in [-0.1, -0.05) is 18.2 Å². The highest BCUT2D eigenvalue weighted by Gasteiger charge is 2.21. The van der Waals surface area contributed by atoms with Gasteiger partial charge in [0, 0.05) is 31.9 Å². The van der Waals surface area contributed by atoms with Gasteiger partial charge in [0.25, 0.3) is 5.91 Å². The first-order chi connectivity index (χ1) is 9.74. The first-order valence-corrected chi connectivity index (χ1v) is 7.09. The minimum atomic E-state index is 0.169. The van der Waals surface area contributed by atoms with Crippen molar-refractivity contribution < 1.29 is 4.79 Å². The molecule has 2 heterocycles. The highest BCUT2D eigenvalue weighted by Crippen LogP contribution is 2.18. The molecule has 0 atom stereocenters. The van der Waals surface area contributed by atoms with Crippen molar-refractivity contribution in [2.45, 2.75) is 19.3 Å². The maximum Gasteiger partial charge on any atom is 0.254 e. The van der Waals surface area contributed by atoms with E-state index in [-0.39, 0.29) is 5.91 Å². The third-order valence-corrected chi connectivity index (χ3v) is 3.84. The number of carbonyl (C=O) groups excluding carboxylic acids is 1. The molecule has 0 spiro atoms. The number of aryl methyl sites for hydroxylation is 2. The smallest absolute Gasteiger partial charge is 0.254 e. The van der Waals surface area contributed by atoms with Crippen LogP contribution in [0, 0.1) is 0 Å². The van der Waals surface area contributed by atoms with Crippen LogP contribution < -0.4 is 0 Å². The van der Waals surface area contributed by atoms with Crippen molar-refractivity contribution in [2.24, 2.45) is 7.05 Å². The van der Waals surface area contributed by atoms with E-state index in [2.05, 4.69) is 11.2 Å². The fourth-order valence-corrected chi connectivity index (χ4v) is 2.76. The molecule has 0 fully saturated rings. The first-order valence-electron chi connectivity index (χ1n) is 7.09. The highest BCUT2D eigenvalue weighted by molar-refractivity contribution is 5.96. The Morgan fingerprint density at radius 3 is 2.95 bits per heavy atom. The second kappa shape index (κ2) is 5.49. The standard InChI is InChI=1S/C16H19N3O/c1-18-12-13(11-17-18)8-10-19-9-4-6-14-5-2-3-7-15(14)16(19)20/h2-3,5,7,11-12H,4,6,8-10H2,1H3. The van der Waals surface area contributed by atoms with Gasteiger partial charge in [0.1, 0.15) is 0 Å². The molecule has 1 amide bonds. The van der Waals surface area contributed by atoms with Crippen molar-refractivity contribution in [2.75, 3.05) is 13.1 Å². The zero-order valence-electron chi connectivity index (χ0n) is 11.7. The molecule has 2 aromatic rings. The van der Waals surface area contributed by atoms with E-state index in [4.69, 9.17) is 0 Å². The Bertz CT molecular complexity index is 618. The fourth-order valence-electron chi connectivity index (χ4n) is 2.76. The predicted molar refractivity (Wildman–Crippen MR) is 77.6 cm³/mol. The largest absolute Gasteiger partial charge is 0.338 e. The minimum Gasteiger partial charge on any atom is -0.338 e. The van der Waals surface area contributed by atoms with E-state index in [0.29, 0.717) is 0 Å². The van der Waals surface area contributed by atoms with Crippen molar-refractivity contribution in [1.82, 2.24) is 14.7 Å². The lowest BCUT2D eigenvalue weighted by atomic mass is 10.0. The van der Waals surface area contributed by atoms with E-state index in [1.165, 1.54) is 11.1 Å². The van der Waals surface area contributed by atoms with Crippen molar-refractivity contribution >= 4 is 5.91 Å². The molecule has 0 saturated heterocycles. The number of aromatic nitrogens is 2. The van der Waals surface area contributed by atoms with E-state index in [9.17, 15) is 4.79 Å². The Kier molecular flexibility index (Phi) is 3.54. The van der Waals surface area contributed by atoms with Gasteiger partial charge in [0.05, 0.1) is 6.20 Å². The number of amides is 1. The van der Waals surface area contributed by atoms with Crippen LogP contribution in [0.3, 0.4) is 0 Å². The number of benzene rings is 1. The molecule has 1 aromatic heterocycles. The molecule has 1 aliphatic heterocycles. The Morgan fingerprint density at radius 2 is 2.15 bits per heavy atom. The van der Waals surface area contributed by atoms with Gasteiger partial charge in [-0.05, 0) is 36.5 Å². The minimum absolute atomic E-state index is 0.169. The fraction of sp³-hybridized carbons (Fsp3) is 0.375. The molecule has 0 N–H and O–H groups in total. The third-order valence-electron chi connectivity index (χ3n) is 3.84. The maximum atomic E-state index is 12.6. The normalized spacial score (nSPS) is 15.1. The maximum absolute atomic E-state index is 12.6. The number of hydrogen-bond acceptors (Lipinski definition) is 2. The Hall–Kier alpha value is -2.10. The summed E-state index contributed by atoms with van der Waals surface area (Å²) in [5.41, 5.74) is 3.23. The molecule has 4 heteroatoms. The monoisotopic (exact) mass is 269 g/mol. The van der Waals surface area contributed by atoms with Gasteiger partial charge in [-0.15, -0.1) is 0 Å². The van der Waals surface area contributed by atoms with Gasteiger partial charge in [-0.3, -0.25) is 9.48 Å². The van der Waals surface area contributed by atoms with Crippen LogP contribution >= 0.6 is 0 Å². The molecular weight excluding hydrogens is 250 g/mol. The van der Waals surface area contributed by atoms with Crippen molar-refractivity contribution in [3.8, 4) is 0 Å². The lowest BCUT2D eigenvalue weighted by Gasteiger charge is -2.20. The summed E-state index contributed by atoms with van der Waals surface area (Å²) in [5.74, 6) is 0.169. The van der Waals surface area contributed by atoms with Crippen LogP contribution in [0.25, 0.3) is 0 Å². The SMILES string of the molecule is Cn1cc(CCN2CCCc3ccccc3C2=O)cn1. The first kappa shape index (κ1) is 12.9. The van der Waals surface area contributed by atoms with Crippen LogP contribution in [0.4, 0.5) is 0 Å². The second-order valence-electron chi connectivity index (χ2n) is 5.33. The average molecular weight is 269 g/mol. The molecule has 0 radical (unpaired) electrons. The molecule has 1 aliphatic rings. The number of fused-ring (bicyclic) bond motifs is 1. The summed E-state index contributed by atoms with van der Waals surface area (Å²) in [6.07, 6.45) is 6.77. The van der Waals surface area contributed by atoms with E-state index in [1.54, 1.807) is 4.68 Å². The average Bonchev–Trinajstić information content (AvgIpc) is 2.80. The van der Waals surface area contributed by atoms with Crippen molar-refractivity contribution in [3.05, 3.63) is 53.3 Å². The lowest BCUT2D eigenvalue weighted by molar-refractivity contribution is 0.0763. The molecule has 0 bridgehead atoms. The Morgan fingerprint density at radius 1 is 1.30 bits per heavy atom. The van der Waals surface area contributed by atoms with E-state index in [0.717, 1.165) is 37.9 Å².